The summed E-state index contributed by atoms with van der Waals surface area (Å²) in [6, 6.07) is 4.31. The summed E-state index contributed by atoms with van der Waals surface area (Å²) in [5.74, 6) is 1.44. The predicted molar refractivity (Wildman–Crippen MR) is 109 cm³/mol. The molecule has 0 radical (unpaired) electrons. The van der Waals surface area contributed by atoms with E-state index in [2.05, 4.69) is 52.1 Å². The molecule has 0 saturated heterocycles. The Morgan fingerprint density at radius 3 is 2.87 bits per heavy atom. The Balaban J connectivity index is 0.00000264. The van der Waals surface area contributed by atoms with Crippen LogP contribution in [0.2, 0.25) is 0 Å². The zero-order chi connectivity index (χ0) is 15.8. The topological polar surface area (TPSA) is 54.2 Å². The Morgan fingerprint density at radius 1 is 1.43 bits per heavy atom. The maximum atomic E-state index is 4.61. The molecule has 1 atom stereocenters. The Hall–Kier alpha value is -1.09. The SMILES string of the molecule is CCNC(=NCc1cnn(C)c1)NCC(C)Cc1cccs1.I. The summed E-state index contributed by atoms with van der Waals surface area (Å²) in [7, 11) is 1.92. The van der Waals surface area contributed by atoms with Crippen LogP contribution in [-0.4, -0.2) is 28.8 Å². The lowest BCUT2D eigenvalue weighted by Gasteiger charge is -2.15. The predicted octanol–water partition coefficient (Wildman–Crippen LogP) is 3.03. The highest BCUT2D eigenvalue weighted by molar-refractivity contribution is 14.0. The smallest absolute Gasteiger partial charge is 0.191 e. The Kier molecular flexibility index (Phi) is 9.23. The lowest BCUT2D eigenvalue weighted by molar-refractivity contribution is 0.562. The number of aryl methyl sites for hydroxylation is 1. The third kappa shape index (κ3) is 7.34. The van der Waals surface area contributed by atoms with Gasteiger partial charge in [-0.15, -0.1) is 35.3 Å². The van der Waals surface area contributed by atoms with Crippen LogP contribution in [0.25, 0.3) is 0 Å². The molecule has 2 aromatic rings. The standard InChI is InChI=1S/C16H25N5S.HI/c1-4-17-16(19-10-14-11-20-21(3)12-14)18-9-13(2)8-15-6-5-7-22-15;/h5-7,11-13H,4,8-10H2,1-3H3,(H2,17,18,19);1H. The van der Waals surface area contributed by atoms with E-state index in [0.717, 1.165) is 31.0 Å². The fourth-order valence-electron chi connectivity index (χ4n) is 2.18. The molecular formula is C16H26IN5S. The van der Waals surface area contributed by atoms with Crippen LogP contribution in [0.4, 0.5) is 0 Å². The van der Waals surface area contributed by atoms with Gasteiger partial charge in [0, 0.05) is 36.8 Å². The number of nitrogens with zero attached hydrogens (tertiary/aromatic N) is 3. The molecule has 2 aromatic heterocycles. The minimum absolute atomic E-state index is 0. The quantitative estimate of drug-likeness (QED) is 0.390. The van der Waals surface area contributed by atoms with Crippen molar-refractivity contribution in [3.05, 3.63) is 40.3 Å². The van der Waals surface area contributed by atoms with Gasteiger partial charge in [-0.05, 0) is 30.7 Å². The van der Waals surface area contributed by atoms with E-state index in [1.807, 2.05) is 30.8 Å². The van der Waals surface area contributed by atoms with Gasteiger partial charge in [0.2, 0.25) is 0 Å². The molecule has 128 valence electrons. The maximum Gasteiger partial charge on any atom is 0.191 e. The molecular weight excluding hydrogens is 421 g/mol. The number of rotatable bonds is 7. The van der Waals surface area contributed by atoms with E-state index in [0.29, 0.717) is 12.5 Å². The average molecular weight is 447 g/mol. The highest BCUT2D eigenvalue weighted by Crippen LogP contribution is 2.13. The number of hydrogen-bond acceptors (Lipinski definition) is 3. The Labute approximate surface area is 159 Å². The van der Waals surface area contributed by atoms with Gasteiger partial charge in [-0.25, -0.2) is 4.99 Å². The van der Waals surface area contributed by atoms with Crippen LogP contribution in [0, 0.1) is 5.92 Å². The van der Waals surface area contributed by atoms with Crippen LogP contribution >= 0.6 is 35.3 Å². The van der Waals surface area contributed by atoms with Gasteiger partial charge in [0.25, 0.3) is 0 Å². The van der Waals surface area contributed by atoms with E-state index in [1.165, 1.54) is 4.88 Å². The second-order valence-electron chi connectivity index (χ2n) is 5.49. The molecule has 0 bridgehead atoms. The molecule has 0 spiro atoms. The van der Waals surface area contributed by atoms with Crippen molar-refractivity contribution in [2.24, 2.45) is 18.0 Å². The summed E-state index contributed by atoms with van der Waals surface area (Å²) in [5, 5.41) is 13.0. The van der Waals surface area contributed by atoms with Crippen molar-refractivity contribution < 1.29 is 0 Å². The van der Waals surface area contributed by atoms with Crippen LogP contribution in [0.15, 0.2) is 34.9 Å². The third-order valence-corrected chi connectivity index (χ3v) is 4.17. The third-order valence-electron chi connectivity index (χ3n) is 3.27. The number of aliphatic imine (C=N–C) groups is 1. The zero-order valence-corrected chi connectivity index (χ0v) is 17.1. The van der Waals surface area contributed by atoms with Crippen molar-refractivity contribution in [3.8, 4) is 0 Å². The molecule has 2 N–H and O–H groups in total. The van der Waals surface area contributed by atoms with E-state index in [1.54, 1.807) is 4.68 Å². The van der Waals surface area contributed by atoms with E-state index in [9.17, 15) is 0 Å². The van der Waals surface area contributed by atoms with Gasteiger partial charge in [-0.3, -0.25) is 4.68 Å². The van der Waals surface area contributed by atoms with Gasteiger partial charge in [0.05, 0.1) is 12.7 Å². The van der Waals surface area contributed by atoms with Crippen molar-refractivity contribution >= 4 is 41.3 Å². The molecule has 0 aliphatic carbocycles. The van der Waals surface area contributed by atoms with Gasteiger partial charge < -0.3 is 10.6 Å². The maximum absolute atomic E-state index is 4.61. The highest BCUT2D eigenvalue weighted by atomic mass is 127. The first kappa shape index (κ1) is 20.0. The van der Waals surface area contributed by atoms with E-state index < -0.39 is 0 Å². The lowest BCUT2D eigenvalue weighted by Crippen LogP contribution is -2.39. The first-order chi connectivity index (χ1) is 10.7. The molecule has 2 heterocycles. The normalized spacial score (nSPS) is 12.6. The molecule has 0 saturated carbocycles. The van der Waals surface area contributed by atoms with Crippen molar-refractivity contribution in [1.82, 2.24) is 20.4 Å². The monoisotopic (exact) mass is 447 g/mol. The summed E-state index contributed by atoms with van der Waals surface area (Å²) < 4.78 is 1.80. The van der Waals surface area contributed by atoms with Crippen molar-refractivity contribution in [2.45, 2.75) is 26.8 Å². The van der Waals surface area contributed by atoms with E-state index in [-0.39, 0.29) is 24.0 Å². The van der Waals surface area contributed by atoms with Gasteiger partial charge in [0.1, 0.15) is 0 Å². The molecule has 2 rings (SSSR count). The van der Waals surface area contributed by atoms with Crippen molar-refractivity contribution in [2.75, 3.05) is 13.1 Å². The van der Waals surface area contributed by atoms with Gasteiger partial charge in [-0.1, -0.05) is 13.0 Å². The van der Waals surface area contributed by atoms with Crippen molar-refractivity contribution in [3.63, 3.8) is 0 Å². The first-order valence-electron chi connectivity index (χ1n) is 7.69. The molecule has 5 nitrogen and oxygen atoms in total. The number of aromatic nitrogens is 2. The zero-order valence-electron chi connectivity index (χ0n) is 14.0. The van der Waals surface area contributed by atoms with Crippen molar-refractivity contribution in [1.29, 1.82) is 0 Å². The molecule has 1 unspecified atom stereocenters. The van der Waals surface area contributed by atoms with Crippen LogP contribution in [0.5, 0.6) is 0 Å². The lowest BCUT2D eigenvalue weighted by atomic mass is 10.1. The van der Waals surface area contributed by atoms with Crippen LogP contribution in [-0.2, 0) is 20.0 Å². The number of hydrogen-bond donors (Lipinski definition) is 2. The molecule has 0 fully saturated rings. The first-order valence-corrected chi connectivity index (χ1v) is 8.57. The molecule has 0 aliphatic rings. The van der Waals surface area contributed by atoms with Crippen LogP contribution in [0.3, 0.4) is 0 Å². The number of guanidine groups is 1. The molecule has 0 aliphatic heterocycles. The number of nitrogens with one attached hydrogen (secondary N) is 2. The fourth-order valence-corrected chi connectivity index (χ4v) is 3.05. The second-order valence-corrected chi connectivity index (χ2v) is 6.52. The summed E-state index contributed by atoms with van der Waals surface area (Å²) in [5.41, 5.74) is 1.12. The molecule has 23 heavy (non-hydrogen) atoms. The second kappa shape index (κ2) is 10.6. The van der Waals surface area contributed by atoms with Crippen LogP contribution < -0.4 is 10.6 Å². The molecule has 7 heteroatoms. The average Bonchev–Trinajstić information content (AvgIpc) is 3.13. The van der Waals surface area contributed by atoms with Gasteiger partial charge in [-0.2, -0.15) is 5.10 Å². The Morgan fingerprint density at radius 2 is 2.26 bits per heavy atom. The van der Waals surface area contributed by atoms with Gasteiger partial charge >= 0.3 is 0 Å². The Bertz CT molecular complexity index is 579. The molecule has 0 amide bonds. The highest BCUT2D eigenvalue weighted by Gasteiger charge is 2.06. The largest absolute Gasteiger partial charge is 0.357 e. The molecule has 0 aromatic carbocycles. The van der Waals surface area contributed by atoms with E-state index >= 15 is 0 Å². The number of halogens is 1. The summed E-state index contributed by atoms with van der Waals surface area (Å²) in [6.45, 7) is 6.76. The summed E-state index contributed by atoms with van der Waals surface area (Å²) in [6.07, 6.45) is 4.95. The minimum atomic E-state index is 0. The van der Waals surface area contributed by atoms with Gasteiger partial charge in [0.15, 0.2) is 5.96 Å². The minimum Gasteiger partial charge on any atom is -0.357 e. The fraction of sp³-hybridized carbons (Fsp3) is 0.500. The summed E-state index contributed by atoms with van der Waals surface area (Å²) >= 11 is 1.82. The summed E-state index contributed by atoms with van der Waals surface area (Å²) in [4.78, 5) is 6.05. The number of thiophene rings is 1. The van der Waals surface area contributed by atoms with Crippen LogP contribution in [0.1, 0.15) is 24.3 Å². The van der Waals surface area contributed by atoms with E-state index in [4.69, 9.17) is 0 Å².